The largest absolute Gasteiger partial charge is 0.454 e. The number of benzene rings is 1. The Labute approximate surface area is 119 Å². The van der Waals surface area contributed by atoms with E-state index in [4.69, 9.17) is 9.47 Å². The molecule has 0 bridgehead atoms. The molecule has 1 aromatic rings. The lowest BCUT2D eigenvalue weighted by atomic mass is 9.94. The summed E-state index contributed by atoms with van der Waals surface area (Å²) in [5.41, 5.74) is 0.973. The Kier molecular flexibility index (Phi) is 5.14. The van der Waals surface area contributed by atoms with Gasteiger partial charge in [0.25, 0.3) is 0 Å². The lowest BCUT2D eigenvalue weighted by Crippen LogP contribution is -2.07. The van der Waals surface area contributed by atoms with Crippen LogP contribution in [0.4, 0.5) is 0 Å². The standard InChI is InChI=1S/C15H20O3S/c1-2-3-4-5-6-12(15(16)19)11-7-8-13-14(9-11)18-10-17-13/h7-9,12H,2-6,10H2,1H3,(H,16,19). The first kappa shape index (κ1) is 14.3. The lowest BCUT2D eigenvalue weighted by Gasteiger charge is -2.14. The Balaban J connectivity index is 2.04. The van der Waals surface area contributed by atoms with Gasteiger partial charge in [0.15, 0.2) is 16.6 Å². The van der Waals surface area contributed by atoms with Gasteiger partial charge in [0.2, 0.25) is 6.79 Å². The van der Waals surface area contributed by atoms with Crippen LogP contribution >= 0.6 is 12.6 Å². The highest BCUT2D eigenvalue weighted by molar-refractivity contribution is 7.96. The van der Waals surface area contributed by atoms with Crippen LogP contribution < -0.4 is 9.47 Å². The van der Waals surface area contributed by atoms with Crippen LogP contribution in [-0.2, 0) is 4.79 Å². The summed E-state index contributed by atoms with van der Waals surface area (Å²) in [6.07, 6.45) is 5.48. The number of thiol groups is 1. The van der Waals surface area contributed by atoms with Gasteiger partial charge in [-0.15, -0.1) is 12.6 Å². The molecular formula is C15H20O3S. The van der Waals surface area contributed by atoms with Crippen molar-refractivity contribution < 1.29 is 14.3 Å². The Morgan fingerprint density at radius 2 is 2.05 bits per heavy atom. The first-order valence-corrected chi connectivity index (χ1v) is 7.29. The fourth-order valence-corrected chi connectivity index (χ4v) is 2.62. The lowest BCUT2D eigenvalue weighted by molar-refractivity contribution is -0.112. The third-order valence-corrected chi connectivity index (χ3v) is 3.76. The molecule has 0 aromatic heterocycles. The minimum atomic E-state index is -0.144. The fourth-order valence-electron chi connectivity index (χ4n) is 2.34. The summed E-state index contributed by atoms with van der Waals surface area (Å²) in [7, 11) is 0. The van der Waals surface area contributed by atoms with E-state index in [1.165, 1.54) is 19.3 Å². The molecule has 1 aliphatic rings. The Morgan fingerprint density at radius 3 is 2.79 bits per heavy atom. The molecule has 19 heavy (non-hydrogen) atoms. The van der Waals surface area contributed by atoms with Gasteiger partial charge in [-0.25, -0.2) is 0 Å². The second kappa shape index (κ2) is 6.85. The van der Waals surface area contributed by atoms with Crippen molar-refractivity contribution >= 4 is 17.7 Å². The molecular weight excluding hydrogens is 260 g/mol. The quantitative estimate of drug-likeness (QED) is 0.607. The van der Waals surface area contributed by atoms with Gasteiger partial charge in [0.1, 0.15) is 0 Å². The number of ether oxygens (including phenoxy) is 2. The van der Waals surface area contributed by atoms with Gasteiger partial charge in [-0.3, -0.25) is 4.79 Å². The molecule has 1 unspecified atom stereocenters. The van der Waals surface area contributed by atoms with Gasteiger partial charge in [-0.05, 0) is 24.1 Å². The smallest absolute Gasteiger partial charge is 0.231 e. The van der Waals surface area contributed by atoms with Crippen molar-refractivity contribution in [3.8, 4) is 11.5 Å². The topological polar surface area (TPSA) is 35.5 Å². The minimum Gasteiger partial charge on any atom is -0.454 e. The summed E-state index contributed by atoms with van der Waals surface area (Å²) in [6, 6.07) is 5.71. The van der Waals surface area contributed by atoms with E-state index in [-0.39, 0.29) is 17.8 Å². The van der Waals surface area contributed by atoms with Crippen molar-refractivity contribution in [1.82, 2.24) is 0 Å². The molecule has 0 spiro atoms. The highest BCUT2D eigenvalue weighted by Gasteiger charge is 2.21. The zero-order valence-electron chi connectivity index (χ0n) is 11.2. The van der Waals surface area contributed by atoms with Crippen molar-refractivity contribution in [1.29, 1.82) is 0 Å². The maximum atomic E-state index is 11.7. The molecule has 1 atom stereocenters. The second-order valence-corrected chi connectivity index (χ2v) is 5.29. The molecule has 0 amide bonds. The first-order valence-electron chi connectivity index (χ1n) is 6.84. The van der Waals surface area contributed by atoms with E-state index in [1.807, 2.05) is 18.2 Å². The Morgan fingerprint density at radius 1 is 1.26 bits per heavy atom. The number of unbranched alkanes of at least 4 members (excludes halogenated alkanes) is 3. The van der Waals surface area contributed by atoms with Crippen LogP contribution in [0.15, 0.2) is 18.2 Å². The minimum absolute atomic E-state index is 0.0737. The molecule has 0 fully saturated rings. The maximum absolute atomic E-state index is 11.7. The molecule has 0 aliphatic carbocycles. The van der Waals surface area contributed by atoms with Gasteiger partial charge in [-0.1, -0.05) is 38.7 Å². The van der Waals surface area contributed by atoms with Gasteiger partial charge in [0.05, 0.1) is 5.92 Å². The number of hydrogen-bond acceptors (Lipinski definition) is 3. The van der Waals surface area contributed by atoms with Crippen LogP contribution in [0.3, 0.4) is 0 Å². The summed E-state index contributed by atoms with van der Waals surface area (Å²) < 4.78 is 10.6. The van der Waals surface area contributed by atoms with Gasteiger partial charge in [-0.2, -0.15) is 0 Å². The Bertz CT molecular complexity index is 445. The molecule has 0 saturated heterocycles. The van der Waals surface area contributed by atoms with Gasteiger partial charge < -0.3 is 9.47 Å². The molecule has 0 N–H and O–H groups in total. The van der Waals surface area contributed by atoms with Crippen molar-refractivity contribution in [3.63, 3.8) is 0 Å². The normalized spacial score (nSPS) is 14.4. The van der Waals surface area contributed by atoms with Crippen molar-refractivity contribution in [3.05, 3.63) is 23.8 Å². The van der Waals surface area contributed by atoms with Crippen LogP contribution in [0.2, 0.25) is 0 Å². The van der Waals surface area contributed by atoms with E-state index < -0.39 is 0 Å². The predicted octanol–water partition coefficient (Wildman–Crippen LogP) is 3.93. The third kappa shape index (κ3) is 3.66. The molecule has 3 nitrogen and oxygen atoms in total. The van der Waals surface area contributed by atoms with Crippen molar-refractivity contribution in [2.75, 3.05) is 6.79 Å². The van der Waals surface area contributed by atoms with E-state index in [0.29, 0.717) is 0 Å². The molecule has 1 aliphatic heterocycles. The molecule has 2 rings (SSSR count). The fraction of sp³-hybridized carbons (Fsp3) is 0.533. The predicted molar refractivity (Wildman–Crippen MR) is 78.1 cm³/mol. The van der Waals surface area contributed by atoms with Crippen molar-refractivity contribution in [2.24, 2.45) is 0 Å². The molecule has 104 valence electrons. The maximum Gasteiger partial charge on any atom is 0.231 e. The number of rotatable bonds is 7. The van der Waals surface area contributed by atoms with E-state index in [9.17, 15) is 4.79 Å². The SMILES string of the molecule is CCCCCCC(C(=O)S)c1ccc2c(c1)OCO2. The van der Waals surface area contributed by atoms with Crippen LogP contribution in [0.5, 0.6) is 11.5 Å². The van der Waals surface area contributed by atoms with Crippen LogP contribution in [-0.4, -0.2) is 11.9 Å². The van der Waals surface area contributed by atoms with Gasteiger partial charge in [0, 0.05) is 0 Å². The average Bonchev–Trinajstić information content (AvgIpc) is 2.85. The number of fused-ring (bicyclic) bond motifs is 1. The molecule has 0 saturated carbocycles. The molecule has 1 aromatic carbocycles. The number of carbonyl (C=O) groups is 1. The summed E-state index contributed by atoms with van der Waals surface area (Å²) >= 11 is 4.02. The van der Waals surface area contributed by atoms with Crippen LogP contribution in [0, 0.1) is 0 Å². The Hall–Kier alpha value is -1.16. The highest BCUT2D eigenvalue weighted by atomic mass is 32.1. The molecule has 0 radical (unpaired) electrons. The average molecular weight is 280 g/mol. The second-order valence-electron chi connectivity index (χ2n) is 4.85. The summed E-state index contributed by atoms with van der Waals surface area (Å²) in [6.45, 7) is 2.44. The monoisotopic (exact) mass is 280 g/mol. The van der Waals surface area contributed by atoms with E-state index in [2.05, 4.69) is 19.6 Å². The van der Waals surface area contributed by atoms with Crippen LogP contribution in [0.1, 0.15) is 50.5 Å². The first-order chi connectivity index (χ1) is 9.22. The number of hydrogen-bond donors (Lipinski definition) is 1. The zero-order valence-corrected chi connectivity index (χ0v) is 12.1. The van der Waals surface area contributed by atoms with Crippen molar-refractivity contribution in [2.45, 2.75) is 44.9 Å². The zero-order chi connectivity index (χ0) is 13.7. The van der Waals surface area contributed by atoms with E-state index in [0.717, 1.165) is 29.9 Å². The summed E-state index contributed by atoms with van der Waals surface area (Å²) in [5.74, 6) is 1.33. The number of carbonyl (C=O) groups excluding carboxylic acids is 1. The third-order valence-electron chi connectivity index (χ3n) is 3.44. The molecule has 1 heterocycles. The van der Waals surface area contributed by atoms with E-state index >= 15 is 0 Å². The van der Waals surface area contributed by atoms with Gasteiger partial charge >= 0.3 is 0 Å². The summed E-state index contributed by atoms with van der Waals surface area (Å²) in [4.78, 5) is 11.7. The highest BCUT2D eigenvalue weighted by Crippen LogP contribution is 2.36. The van der Waals surface area contributed by atoms with E-state index in [1.54, 1.807) is 0 Å². The van der Waals surface area contributed by atoms with Crippen LogP contribution in [0.25, 0.3) is 0 Å². The summed E-state index contributed by atoms with van der Waals surface area (Å²) in [5, 5.41) is -0.0737. The molecule has 4 heteroatoms.